The van der Waals surface area contributed by atoms with Crippen LogP contribution in [-0.2, 0) is 15.3 Å². The van der Waals surface area contributed by atoms with Crippen molar-refractivity contribution < 1.29 is 9.47 Å². The molecule has 1 rings (SSSR count). The highest BCUT2D eigenvalue weighted by molar-refractivity contribution is 5.86. The van der Waals surface area contributed by atoms with E-state index in [9.17, 15) is 0 Å². The summed E-state index contributed by atoms with van der Waals surface area (Å²) in [5, 5.41) is 7.46. The Labute approximate surface area is 83.1 Å². The fourth-order valence-corrected chi connectivity index (χ4v) is 1.35. The minimum atomic E-state index is -1.26. The van der Waals surface area contributed by atoms with Gasteiger partial charge < -0.3 is 15.2 Å². The molecule has 0 amide bonds. The van der Waals surface area contributed by atoms with Crippen LogP contribution in [0.2, 0.25) is 0 Å². The fraction of sp³-hybridized carbons (Fsp3) is 0.300. The average molecular weight is 194 g/mol. The molecule has 0 unspecified atom stereocenters. The first-order chi connectivity index (χ1) is 6.67. The summed E-state index contributed by atoms with van der Waals surface area (Å²) in [6.07, 6.45) is 0. The number of methoxy groups -OCH3 is 2. The SMILES string of the molecule is COC(OC)(C(=N)N)c1ccccc1. The zero-order valence-electron chi connectivity index (χ0n) is 8.28. The molecule has 0 atom stereocenters. The van der Waals surface area contributed by atoms with Crippen molar-refractivity contribution in [3.63, 3.8) is 0 Å². The maximum absolute atomic E-state index is 7.46. The lowest BCUT2D eigenvalue weighted by Gasteiger charge is -2.29. The standard InChI is InChI=1S/C10H14N2O2/c1-13-10(14-2,9(11)12)8-6-4-3-5-7-8/h3-7H,1-2H3,(H3,11,12). The lowest BCUT2D eigenvalue weighted by atomic mass is 10.0. The molecule has 0 aliphatic heterocycles. The van der Waals surface area contributed by atoms with E-state index in [1.54, 1.807) is 12.1 Å². The molecule has 0 saturated heterocycles. The lowest BCUT2D eigenvalue weighted by molar-refractivity contribution is -0.162. The largest absolute Gasteiger partial charge is 0.383 e. The predicted octanol–water partition coefficient (Wildman–Crippen LogP) is 1.07. The molecule has 0 aliphatic carbocycles. The van der Waals surface area contributed by atoms with E-state index in [4.69, 9.17) is 20.6 Å². The van der Waals surface area contributed by atoms with E-state index in [-0.39, 0.29) is 5.84 Å². The Morgan fingerprint density at radius 3 is 2.07 bits per heavy atom. The van der Waals surface area contributed by atoms with E-state index in [0.29, 0.717) is 5.56 Å². The van der Waals surface area contributed by atoms with Crippen LogP contribution in [0.15, 0.2) is 30.3 Å². The van der Waals surface area contributed by atoms with Crippen molar-refractivity contribution in [3.05, 3.63) is 35.9 Å². The molecule has 76 valence electrons. The van der Waals surface area contributed by atoms with Gasteiger partial charge >= 0.3 is 0 Å². The van der Waals surface area contributed by atoms with Crippen molar-refractivity contribution >= 4 is 5.84 Å². The van der Waals surface area contributed by atoms with Gasteiger partial charge in [0.25, 0.3) is 5.79 Å². The van der Waals surface area contributed by atoms with Crippen LogP contribution in [0.4, 0.5) is 0 Å². The fourth-order valence-electron chi connectivity index (χ4n) is 1.35. The third kappa shape index (κ3) is 1.62. The number of nitrogens with one attached hydrogen (secondary N) is 1. The number of ether oxygens (including phenoxy) is 2. The molecule has 3 N–H and O–H groups in total. The van der Waals surface area contributed by atoms with Gasteiger partial charge in [0, 0.05) is 19.8 Å². The quantitative estimate of drug-likeness (QED) is 0.428. The average Bonchev–Trinajstić information content (AvgIpc) is 2.22. The number of amidine groups is 1. The smallest absolute Gasteiger partial charge is 0.254 e. The van der Waals surface area contributed by atoms with E-state index in [1.807, 2.05) is 18.2 Å². The second-order valence-corrected chi connectivity index (χ2v) is 2.80. The molecule has 4 nitrogen and oxygen atoms in total. The van der Waals surface area contributed by atoms with Crippen LogP contribution in [0.25, 0.3) is 0 Å². The molecule has 0 spiro atoms. The van der Waals surface area contributed by atoms with Crippen molar-refractivity contribution in [2.45, 2.75) is 5.79 Å². The van der Waals surface area contributed by atoms with Gasteiger partial charge in [-0.15, -0.1) is 0 Å². The molecule has 1 aromatic carbocycles. The van der Waals surface area contributed by atoms with Crippen molar-refractivity contribution in [3.8, 4) is 0 Å². The van der Waals surface area contributed by atoms with Crippen LogP contribution in [0.5, 0.6) is 0 Å². The Kier molecular flexibility index (Phi) is 3.22. The Bertz CT molecular complexity index is 307. The Hall–Kier alpha value is -1.39. The monoisotopic (exact) mass is 194 g/mol. The van der Waals surface area contributed by atoms with Gasteiger partial charge in [0.15, 0.2) is 5.84 Å². The molecular formula is C10H14N2O2. The molecule has 0 radical (unpaired) electrons. The van der Waals surface area contributed by atoms with E-state index in [2.05, 4.69) is 0 Å². The molecule has 0 bridgehead atoms. The number of benzene rings is 1. The first kappa shape index (κ1) is 10.7. The molecule has 0 fully saturated rings. The van der Waals surface area contributed by atoms with Crippen LogP contribution < -0.4 is 5.73 Å². The van der Waals surface area contributed by atoms with Crippen molar-refractivity contribution in [1.29, 1.82) is 5.41 Å². The maximum atomic E-state index is 7.46. The van der Waals surface area contributed by atoms with Gasteiger partial charge in [0.1, 0.15) is 0 Å². The molecule has 4 heteroatoms. The third-order valence-corrected chi connectivity index (χ3v) is 2.08. The predicted molar refractivity (Wildman–Crippen MR) is 54.1 cm³/mol. The van der Waals surface area contributed by atoms with Crippen LogP contribution in [0.1, 0.15) is 5.56 Å². The lowest BCUT2D eigenvalue weighted by Crippen LogP contribution is -2.44. The summed E-state index contributed by atoms with van der Waals surface area (Å²) < 4.78 is 10.3. The normalized spacial score (nSPS) is 11.3. The highest BCUT2D eigenvalue weighted by atomic mass is 16.7. The summed E-state index contributed by atoms with van der Waals surface area (Å²) in [6.45, 7) is 0. The van der Waals surface area contributed by atoms with Gasteiger partial charge in [-0.25, -0.2) is 0 Å². The Balaban J connectivity index is 3.18. The number of hydrogen-bond donors (Lipinski definition) is 2. The highest BCUT2D eigenvalue weighted by Gasteiger charge is 2.35. The number of hydrogen-bond acceptors (Lipinski definition) is 3. The molecule has 0 saturated carbocycles. The first-order valence-electron chi connectivity index (χ1n) is 4.17. The van der Waals surface area contributed by atoms with E-state index in [1.165, 1.54) is 14.2 Å². The zero-order chi connectivity index (χ0) is 10.6. The van der Waals surface area contributed by atoms with Gasteiger partial charge in [0.05, 0.1) is 0 Å². The summed E-state index contributed by atoms with van der Waals surface area (Å²) in [5.74, 6) is -1.44. The van der Waals surface area contributed by atoms with E-state index < -0.39 is 5.79 Å². The summed E-state index contributed by atoms with van der Waals surface area (Å²) in [4.78, 5) is 0. The summed E-state index contributed by atoms with van der Waals surface area (Å²) in [7, 11) is 2.91. The summed E-state index contributed by atoms with van der Waals surface area (Å²) >= 11 is 0. The summed E-state index contributed by atoms with van der Waals surface area (Å²) in [5.41, 5.74) is 6.16. The summed E-state index contributed by atoms with van der Waals surface area (Å²) in [6, 6.07) is 9.15. The number of nitrogens with two attached hydrogens (primary N) is 1. The third-order valence-electron chi connectivity index (χ3n) is 2.08. The van der Waals surface area contributed by atoms with Gasteiger partial charge in [-0.1, -0.05) is 30.3 Å². The van der Waals surface area contributed by atoms with Gasteiger partial charge in [-0.2, -0.15) is 0 Å². The second kappa shape index (κ2) is 4.21. The minimum absolute atomic E-state index is 0.172. The van der Waals surface area contributed by atoms with Crippen molar-refractivity contribution in [2.24, 2.45) is 5.73 Å². The van der Waals surface area contributed by atoms with Crippen LogP contribution in [0.3, 0.4) is 0 Å². The molecule has 1 aromatic rings. The second-order valence-electron chi connectivity index (χ2n) is 2.80. The van der Waals surface area contributed by atoms with Crippen LogP contribution >= 0.6 is 0 Å². The maximum Gasteiger partial charge on any atom is 0.254 e. The Morgan fingerprint density at radius 2 is 1.71 bits per heavy atom. The molecule has 0 heterocycles. The minimum Gasteiger partial charge on any atom is -0.383 e. The molecule has 0 aromatic heterocycles. The highest BCUT2D eigenvalue weighted by Crippen LogP contribution is 2.25. The topological polar surface area (TPSA) is 68.3 Å². The van der Waals surface area contributed by atoms with Gasteiger partial charge in [0.2, 0.25) is 0 Å². The van der Waals surface area contributed by atoms with E-state index >= 15 is 0 Å². The molecule has 14 heavy (non-hydrogen) atoms. The van der Waals surface area contributed by atoms with Crippen LogP contribution in [-0.4, -0.2) is 20.1 Å². The Morgan fingerprint density at radius 1 is 1.21 bits per heavy atom. The van der Waals surface area contributed by atoms with Crippen molar-refractivity contribution in [2.75, 3.05) is 14.2 Å². The first-order valence-corrected chi connectivity index (χ1v) is 4.17. The van der Waals surface area contributed by atoms with Crippen LogP contribution in [0, 0.1) is 5.41 Å². The zero-order valence-corrected chi connectivity index (χ0v) is 8.28. The number of rotatable bonds is 4. The van der Waals surface area contributed by atoms with Gasteiger partial charge in [-0.3, -0.25) is 5.41 Å². The van der Waals surface area contributed by atoms with Crippen molar-refractivity contribution in [1.82, 2.24) is 0 Å². The van der Waals surface area contributed by atoms with E-state index in [0.717, 1.165) is 0 Å². The van der Waals surface area contributed by atoms with Gasteiger partial charge in [-0.05, 0) is 0 Å². The molecular weight excluding hydrogens is 180 g/mol. The molecule has 0 aliphatic rings.